The first-order valence-electron chi connectivity index (χ1n) is 5.42. The number of ether oxygens (including phenoxy) is 1. The third-order valence-electron chi connectivity index (χ3n) is 2.59. The number of benzene rings is 1. The van der Waals surface area contributed by atoms with Gasteiger partial charge in [-0.1, -0.05) is 17.7 Å². The SMILES string of the molecule is CNC(/C=C/C(=O)O)c1cc(Cl)c(C)cc1OC. The number of nitrogens with one attached hydrogen (secondary N) is 1. The van der Waals surface area contributed by atoms with E-state index in [1.807, 2.05) is 13.0 Å². The first-order valence-corrected chi connectivity index (χ1v) is 5.79. The van der Waals surface area contributed by atoms with Crippen LogP contribution >= 0.6 is 11.6 Å². The second-order valence-electron chi connectivity index (χ2n) is 3.81. The highest BCUT2D eigenvalue weighted by Crippen LogP contribution is 2.31. The summed E-state index contributed by atoms with van der Waals surface area (Å²) < 4.78 is 5.29. The van der Waals surface area contributed by atoms with E-state index in [4.69, 9.17) is 21.4 Å². The van der Waals surface area contributed by atoms with E-state index in [0.717, 1.165) is 17.2 Å². The molecular weight excluding hydrogens is 254 g/mol. The van der Waals surface area contributed by atoms with E-state index in [9.17, 15) is 4.79 Å². The first kappa shape index (κ1) is 14.5. The van der Waals surface area contributed by atoms with Gasteiger partial charge in [0.2, 0.25) is 0 Å². The fourth-order valence-corrected chi connectivity index (χ4v) is 1.80. The number of carboxylic acids is 1. The van der Waals surface area contributed by atoms with Gasteiger partial charge in [-0.3, -0.25) is 0 Å². The largest absolute Gasteiger partial charge is 0.496 e. The summed E-state index contributed by atoms with van der Waals surface area (Å²) in [5.74, 6) is -0.321. The standard InChI is InChI=1S/C13H16ClNO3/c1-8-6-12(18-3)9(7-10(8)14)11(15-2)4-5-13(16)17/h4-7,11,15H,1-3H3,(H,16,17)/b5-4+. The van der Waals surface area contributed by atoms with Crippen LogP contribution in [-0.4, -0.2) is 25.2 Å². The number of methoxy groups -OCH3 is 1. The van der Waals surface area contributed by atoms with Crippen molar-refractivity contribution >= 4 is 17.6 Å². The normalized spacial score (nSPS) is 12.7. The average molecular weight is 270 g/mol. The van der Waals surface area contributed by atoms with Gasteiger partial charge in [-0.2, -0.15) is 0 Å². The molecule has 0 aliphatic rings. The molecule has 18 heavy (non-hydrogen) atoms. The van der Waals surface area contributed by atoms with Crippen LogP contribution in [0.3, 0.4) is 0 Å². The molecule has 0 radical (unpaired) electrons. The zero-order valence-electron chi connectivity index (χ0n) is 10.5. The molecule has 0 bridgehead atoms. The van der Waals surface area contributed by atoms with Crippen LogP contribution in [0.2, 0.25) is 5.02 Å². The van der Waals surface area contributed by atoms with Gasteiger partial charge in [0.1, 0.15) is 5.75 Å². The number of carboxylic acid groups (broad SMARTS) is 1. The minimum absolute atomic E-state index is 0.269. The van der Waals surface area contributed by atoms with Gasteiger partial charge in [-0.05, 0) is 31.7 Å². The van der Waals surface area contributed by atoms with Crippen LogP contribution in [0, 0.1) is 6.92 Å². The Morgan fingerprint density at radius 2 is 2.22 bits per heavy atom. The highest BCUT2D eigenvalue weighted by molar-refractivity contribution is 6.31. The molecule has 98 valence electrons. The highest BCUT2D eigenvalue weighted by atomic mass is 35.5. The molecular formula is C13H16ClNO3. The second-order valence-corrected chi connectivity index (χ2v) is 4.21. The van der Waals surface area contributed by atoms with Crippen molar-refractivity contribution in [2.24, 2.45) is 0 Å². The van der Waals surface area contributed by atoms with Crippen molar-refractivity contribution in [1.29, 1.82) is 0 Å². The monoisotopic (exact) mass is 269 g/mol. The minimum atomic E-state index is -0.993. The molecule has 1 aromatic carbocycles. The Morgan fingerprint density at radius 1 is 1.56 bits per heavy atom. The molecule has 0 aromatic heterocycles. The second kappa shape index (κ2) is 6.42. The maximum absolute atomic E-state index is 10.6. The van der Waals surface area contributed by atoms with Crippen LogP contribution in [0.25, 0.3) is 0 Å². The predicted octanol–water partition coefficient (Wildman–Crippen LogP) is 2.56. The lowest BCUT2D eigenvalue weighted by Gasteiger charge is -2.17. The van der Waals surface area contributed by atoms with Gasteiger partial charge in [-0.25, -0.2) is 4.79 Å². The van der Waals surface area contributed by atoms with E-state index < -0.39 is 5.97 Å². The topological polar surface area (TPSA) is 58.6 Å². The fraction of sp³-hybridized carbons (Fsp3) is 0.308. The summed E-state index contributed by atoms with van der Waals surface area (Å²) in [4.78, 5) is 10.6. The molecule has 0 spiro atoms. The summed E-state index contributed by atoms with van der Waals surface area (Å²) >= 11 is 6.08. The van der Waals surface area contributed by atoms with E-state index in [0.29, 0.717) is 10.8 Å². The van der Waals surface area contributed by atoms with Crippen molar-refractivity contribution in [2.45, 2.75) is 13.0 Å². The first-order chi connectivity index (χ1) is 8.49. The Balaban J connectivity index is 3.19. The van der Waals surface area contributed by atoms with Crippen molar-refractivity contribution in [3.05, 3.63) is 40.4 Å². The zero-order valence-corrected chi connectivity index (χ0v) is 11.3. The zero-order chi connectivity index (χ0) is 13.7. The Bertz CT molecular complexity index is 472. The van der Waals surface area contributed by atoms with Crippen molar-refractivity contribution in [3.8, 4) is 5.75 Å². The van der Waals surface area contributed by atoms with Gasteiger partial charge in [0.05, 0.1) is 13.2 Å². The highest BCUT2D eigenvalue weighted by Gasteiger charge is 2.14. The summed E-state index contributed by atoms with van der Waals surface area (Å²) in [5, 5.41) is 12.3. The fourth-order valence-electron chi connectivity index (χ4n) is 1.62. The molecule has 0 heterocycles. The summed E-state index contributed by atoms with van der Waals surface area (Å²) in [5.41, 5.74) is 1.71. The third-order valence-corrected chi connectivity index (χ3v) is 3.00. The lowest BCUT2D eigenvalue weighted by molar-refractivity contribution is -0.131. The van der Waals surface area contributed by atoms with Crippen LogP contribution in [0.5, 0.6) is 5.75 Å². The van der Waals surface area contributed by atoms with E-state index in [-0.39, 0.29) is 6.04 Å². The minimum Gasteiger partial charge on any atom is -0.496 e. The van der Waals surface area contributed by atoms with Gasteiger partial charge in [-0.15, -0.1) is 0 Å². The van der Waals surface area contributed by atoms with E-state index in [1.54, 1.807) is 26.3 Å². The number of rotatable bonds is 5. The van der Waals surface area contributed by atoms with Gasteiger partial charge in [0, 0.05) is 16.7 Å². The predicted molar refractivity (Wildman–Crippen MR) is 71.3 cm³/mol. The summed E-state index contributed by atoms with van der Waals surface area (Å²) in [6.07, 6.45) is 2.64. The molecule has 2 N–H and O–H groups in total. The maximum atomic E-state index is 10.6. The average Bonchev–Trinajstić information content (AvgIpc) is 2.33. The van der Waals surface area contributed by atoms with Crippen LogP contribution in [0.1, 0.15) is 17.2 Å². The van der Waals surface area contributed by atoms with Crippen LogP contribution in [0.15, 0.2) is 24.3 Å². The Kier molecular flexibility index (Phi) is 5.19. The van der Waals surface area contributed by atoms with Crippen molar-refractivity contribution in [2.75, 3.05) is 14.2 Å². The van der Waals surface area contributed by atoms with Gasteiger partial charge < -0.3 is 15.2 Å². The molecule has 0 aliphatic carbocycles. The number of aryl methyl sites for hydroxylation is 1. The molecule has 1 aromatic rings. The molecule has 1 atom stereocenters. The molecule has 0 saturated carbocycles. The number of likely N-dealkylation sites (N-methyl/N-ethyl adjacent to an activating group) is 1. The van der Waals surface area contributed by atoms with Crippen LogP contribution in [0.4, 0.5) is 0 Å². The number of hydrogen-bond donors (Lipinski definition) is 2. The molecule has 1 unspecified atom stereocenters. The molecule has 0 amide bonds. The van der Waals surface area contributed by atoms with E-state index in [1.165, 1.54) is 0 Å². The molecule has 0 aliphatic heterocycles. The molecule has 5 heteroatoms. The van der Waals surface area contributed by atoms with Crippen LogP contribution < -0.4 is 10.1 Å². The number of halogens is 1. The van der Waals surface area contributed by atoms with Gasteiger partial charge in [0.25, 0.3) is 0 Å². The summed E-state index contributed by atoms with van der Waals surface area (Å²) in [6.45, 7) is 1.89. The molecule has 1 rings (SSSR count). The smallest absolute Gasteiger partial charge is 0.328 e. The lowest BCUT2D eigenvalue weighted by Crippen LogP contribution is -2.15. The summed E-state index contributed by atoms with van der Waals surface area (Å²) in [7, 11) is 3.31. The maximum Gasteiger partial charge on any atom is 0.328 e. The number of carbonyl (C=O) groups is 1. The van der Waals surface area contributed by atoms with Gasteiger partial charge in [0.15, 0.2) is 0 Å². The van der Waals surface area contributed by atoms with Crippen molar-refractivity contribution < 1.29 is 14.6 Å². The Morgan fingerprint density at radius 3 is 2.72 bits per heavy atom. The quantitative estimate of drug-likeness (QED) is 0.807. The van der Waals surface area contributed by atoms with Gasteiger partial charge >= 0.3 is 5.97 Å². The Labute approximate surface area is 111 Å². The van der Waals surface area contributed by atoms with Crippen molar-refractivity contribution in [1.82, 2.24) is 5.32 Å². The van der Waals surface area contributed by atoms with Crippen LogP contribution in [-0.2, 0) is 4.79 Å². The molecule has 0 fully saturated rings. The third kappa shape index (κ3) is 3.48. The summed E-state index contributed by atoms with van der Waals surface area (Å²) in [6, 6.07) is 3.34. The Hall–Kier alpha value is -1.52. The number of hydrogen-bond acceptors (Lipinski definition) is 3. The lowest BCUT2D eigenvalue weighted by atomic mass is 10.0. The molecule has 0 saturated heterocycles. The van der Waals surface area contributed by atoms with E-state index >= 15 is 0 Å². The molecule has 4 nitrogen and oxygen atoms in total. The number of aliphatic carboxylic acids is 1. The van der Waals surface area contributed by atoms with Crippen molar-refractivity contribution in [3.63, 3.8) is 0 Å². The van der Waals surface area contributed by atoms with E-state index in [2.05, 4.69) is 5.32 Å².